The third-order valence-electron chi connectivity index (χ3n) is 17.1. The second-order valence-corrected chi connectivity index (χ2v) is 27.0. The molecule has 0 aromatic carbocycles. The van der Waals surface area contributed by atoms with Gasteiger partial charge >= 0.3 is 17.9 Å². The van der Waals surface area contributed by atoms with Gasteiger partial charge in [-0.05, 0) is 57.9 Å². The number of aliphatic carboxylic acids is 3. The Morgan fingerprint density at radius 2 is 0.781 bits per heavy atom. The van der Waals surface area contributed by atoms with E-state index in [1.54, 1.807) is 6.92 Å². The molecule has 114 heavy (non-hydrogen) atoms. The average molecular weight is 1630 g/mol. The van der Waals surface area contributed by atoms with Crippen LogP contribution in [-0.2, 0) is 102 Å². The summed E-state index contributed by atoms with van der Waals surface area (Å²) >= 11 is 0. The van der Waals surface area contributed by atoms with Crippen LogP contribution in [0, 0.1) is 0 Å². The first-order valence-electron chi connectivity index (χ1n) is 38.9. The summed E-state index contributed by atoms with van der Waals surface area (Å²) in [5, 5.41) is 83.9. The van der Waals surface area contributed by atoms with Crippen molar-refractivity contribution in [2.24, 2.45) is 11.5 Å². The Labute approximate surface area is 662 Å². The maximum atomic E-state index is 14.1. The van der Waals surface area contributed by atoms with E-state index >= 15 is 0 Å². The van der Waals surface area contributed by atoms with Crippen LogP contribution in [0.15, 0.2) is 12.5 Å². The number of unbranched alkanes of at least 4 members (excludes halogenated alkanes) is 16. The Kier molecular flexibility index (Phi) is 58.2. The van der Waals surface area contributed by atoms with Crippen molar-refractivity contribution < 1.29 is 126 Å². The van der Waals surface area contributed by atoms with Gasteiger partial charge in [0.1, 0.15) is 55.5 Å². The van der Waals surface area contributed by atoms with E-state index < -0.39 is 203 Å². The van der Waals surface area contributed by atoms with Crippen molar-refractivity contribution in [3.63, 3.8) is 0 Å². The summed E-state index contributed by atoms with van der Waals surface area (Å²) in [6.45, 7) is -2.99. The van der Waals surface area contributed by atoms with Gasteiger partial charge in [-0.2, -0.15) is 0 Å². The molecule has 0 aliphatic carbocycles. The number of primary amides is 2. The number of H-pyrrole nitrogens is 1. The molecule has 1 heterocycles. The lowest BCUT2D eigenvalue weighted by Gasteiger charge is -2.27. The van der Waals surface area contributed by atoms with Gasteiger partial charge < -0.3 is 125 Å². The highest BCUT2D eigenvalue weighted by Gasteiger charge is 2.35. The second kappa shape index (κ2) is 64.8. The number of ether oxygens (including phenoxy) is 4. The molecule has 7 atom stereocenters. The predicted molar refractivity (Wildman–Crippen MR) is 406 cm³/mol. The maximum Gasteiger partial charge on any atom is 0.317 e. The molecule has 0 spiro atoms. The van der Waals surface area contributed by atoms with Gasteiger partial charge in [0.05, 0.1) is 91.1 Å². The Morgan fingerprint density at radius 3 is 1.20 bits per heavy atom. The number of aliphatic hydroxyl groups excluding tert-OH is 3. The lowest BCUT2D eigenvalue weighted by molar-refractivity contribution is -0.142. The first-order chi connectivity index (χ1) is 54.6. The number of carboxylic acids is 3. The molecule has 1 rings (SSSR count). The summed E-state index contributed by atoms with van der Waals surface area (Å²) in [6.07, 6.45) is 19.9. The van der Waals surface area contributed by atoms with Crippen LogP contribution >= 0.6 is 0 Å². The minimum absolute atomic E-state index is 0.00635. The normalized spacial score (nSPS) is 12.9. The van der Waals surface area contributed by atoms with E-state index in [4.69, 9.17) is 35.5 Å². The van der Waals surface area contributed by atoms with Crippen LogP contribution in [0.1, 0.15) is 180 Å². The number of rotatable bonds is 73. The lowest BCUT2D eigenvalue weighted by Crippen LogP contribution is -2.61. The molecule has 1 aromatic rings. The molecule has 648 valence electrons. The Bertz CT molecular complexity index is 3030. The second-order valence-electron chi connectivity index (χ2n) is 27.0. The zero-order chi connectivity index (χ0) is 84.7. The highest BCUT2D eigenvalue weighted by Crippen LogP contribution is 2.16. The highest BCUT2D eigenvalue weighted by molar-refractivity contribution is 5.98. The van der Waals surface area contributed by atoms with Gasteiger partial charge in [-0.1, -0.05) is 96.8 Å². The molecule has 13 amide bonds. The minimum atomic E-state index is -1.99. The van der Waals surface area contributed by atoms with Crippen LogP contribution in [-0.4, -0.2) is 301 Å². The van der Waals surface area contributed by atoms with Crippen LogP contribution < -0.4 is 70.0 Å². The number of hydrogen-bond donors (Lipinski definition) is 20. The van der Waals surface area contributed by atoms with Gasteiger partial charge in [0.25, 0.3) is 0 Å². The number of aromatic nitrogens is 2. The van der Waals surface area contributed by atoms with Crippen molar-refractivity contribution in [3.8, 4) is 0 Å². The van der Waals surface area contributed by atoms with Crippen LogP contribution in [0.2, 0.25) is 0 Å². The summed E-state index contributed by atoms with van der Waals surface area (Å²) in [5.74, 6) is -15.2. The summed E-state index contributed by atoms with van der Waals surface area (Å²) in [7, 11) is 0. The number of hydrogen-bond acceptors (Lipinski definition) is 25. The quantitative estimate of drug-likeness (QED) is 0.0274. The van der Waals surface area contributed by atoms with Crippen LogP contribution in [0.3, 0.4) is 0 Å². The number of carboxylic acid groups (broad SMARTS) is 3. The van der Waals surface area contributed by atoms with E-state index in [0.717, 1.165) is 43.4 Å². The van der Waals surface area contributed by atoms with Gasteiger partial charge in [0.15, 0.2) is 0 Å². The number of aliphatic hydroxyl groups is 3. The largest absolute Gasteiger partial charge is 0.481 e. The van der Waals surface area contributed by atoms with Crippen molar-refractivity contribution >= 4 is 94.7 Å². The first kappa shape index (κ1) is 102. The van der Waals surface area contributed by atoms with E-state index in [1.807, 2.05) is 0 Å². The Balaban J connectivity index is 2.61. The molecule has 42 heteroatoms. The predicted octanol–water partition coefficient (Wildman–Crippen LogP) is -4.46. The van der Waals surface area contributed by atoms with Crippen LogP contribution in [0.5, 0.6) is 0 Å². The number of imidazole rings is 1. The summed E-state index contributed by atoms with van der Waals surface area (Å²) < 4.78 is 21.4. The molecule has 0 fully saturated rings. The molecule has 22 N–H and O–H groups in total. The third kappa shape index (κ3) is 53.4. The van der Waals surface area contributed by atoms with E-state index in [9.17, 15) is 102 Å². The topological polar surface area (TPSA) is 648 Å². The molecule has 0 radical (unpaired) electrons. The first-order valence-corrected chi connectivity index (χ1v) is 38.9. The molecular weight excluding hydrogens is 1500 g/mol. The molecule has 0 bridgehead atoms. The fourth-order valence-electron chi connectivity index (χ4n) is 11.0. The number of nitrogens with two attached hydrogens (primary N) is 2. The number of nitrogens with zero attached hydrogens (tertiary/aromatic N) is 2. The van der Waals surface area contributed by atoms with Gasteiger partial charge in [-0.25, -0.2) is 4.98 Å². The monoisotopic (exact) mass is 1630 g/mol. The Morgan fingerprint density at radius 1 is 0.395 bits per heavy atom. The van der Waals surface area contributed by atoms with Gasteiger partial charge in [0.2, 0.25) is 76.8 Å². The fourth-order valence-corrected chi connectivity index (χ4v) is 11.0. The zero-order valence-corrected chi connectivity index (χ0v) is 65.4. The van der Waals surface area contributed by atoms with Crippen LogP contribution in [0.25, 0.3) is 0 Å². The number of aromatic amines is 1. The molecule has 0 aliphatic rings. The van der Waals surface area contributed by atoms with Crippen molar-refractivity contribution in [1.82, 2.24) is 73.4 Å². The van der Waals surface area contributed by atoms with Gasteiger partial charge in [-0.3, -0.25) is 81.6 Å². The number of amides is 13. The molecule has 1 aromatic heterocycles. The average Bonchev–Trinajstić information content (AvgIpc) is 1.11. The van der Waals surface area contributed by atoms with Gasteiger partial charge in [0, 0.05) is 57.9 Å². The highest BCUT2D eigenvalue weighted by atomic mass is 16.5. The smallest absolute Gasteiger partial charge is 0.317 e. The SMILES string of the molecule is CCCNC(=O)[C@H](CCCCN(CC(=O)O)CC(=O)O)NC(=O)[C@H](Cc1c[nH]cn1)NC(=O)[C@H](CCC(N)=O)NC(=O)[C@H](CO)NC(=O)[C@H](CO)NC(=O)[C@H](CCC(N)=O)NC(=O)[C@@H](CO)NC(=O)CNC(=O)COCCOCCNC(=O)COCCOCCNC(=O)CCCCCCCCCCCCCCCCCCC(=O)O. The minimum Gasteiger partial charge on any atom is -0.481 e. The summed E-state index contributed by atoms with van der Waals surface area (Å²) in [4.78, 5) is 210. The molecule has 0 saturated heterocycles. The van der Waals surface area contributed by atoms with E-state index in [2.05, 4.69) is 68.5 Å². The number of nitrogens with one attached hydrogen (secondary N) is 12. The number of carbonyl (C=O) groups is 16. The summed E-state index contributed by atoms with van der Waals surface area (Å²) in [6, 6.07) is -12.1. The van der Waals surface area contributed by atoms with Crippen molar-refractivity contribution in [2.75, 3.05) is 118 Å². The molecular formula is C72H124N16O26. The van der Waals surface area contributed by atoms with Gasteiger partial charge in [-0.15, -0.1) is 0 Å². The maximum absolute atomic E-state index is 14.1. The summed E-state index contributed by atoms with van der Waals surface area (Å²) in [5.41, 5.74) is 10.9. The number of carbonyl (C=O) groups excluding carboxylic acids is 13. The van der Waals surface area contributed by atoms with Crippen molar-refractivity contribution in [2.45, 2.75) is 223 Å². The lowest BCUT2D eigenvalue weighted by atomic mass is 10.0. The molecule has 0 aliphatic heterocycles. The van der Waals surface area contributed by atoms with Crippen LogP contribution in [0.4, 0.5) is 0 Å². The molecule has 0 unspecified atom stereocenters. The Hall–Kier alpha value is -9.59. The standard InChI is InChI=1S/C72H124N16O26/c1-2-28-78-66(104)50(21-19-20-31-88(41-64(100)101)42-65(102)103)82-69(107)53(38-49-39-75-48-80-49)85-67(105)51(24-26-57(73)92)84-71(109)55(44-90)87-72(110)56(45-91)86-68(106)52(25-27-58(74)93)83-70(108)54(43-89)81-60(95)40-79-62(97)47-114-37-35-112-33-30-77-61(96)46-113-36-34-111-32-29-76-59(94)22-17-15-13-11-9-7-5-3-4-6-8-10-12-14-16-18-23-63(98)99/h39,48,50-56,89-91H,2-38,40-47H2,1H3,(H2,73,92)(H2,74,93)(H,75,80)(H,76,94)(H,77,96)(H,78,104)(H,79,97)(H,81,95)(H,82,107)(H,83,108)(H,84,109)(H,85,105)(H,86,106)(H,87,110)(H,98,99)(H,100,101)(H,102,103)/t50-,51-,52-,53-,54+,55-,56-/m0/s1. The van der Waals surface area contributed by atoms with Crippen molar-refractivity contribution in [1.29, 1.82) is 0 Å². The zero-order valence-electron chi connectivity index (χ0n) is 65.4. The van der Waals surface area contributed by atoms with E-state index in [-0.39, 0.29) is 103 Å². The fraction of sp³-hybridized carbons (Fsp3) is 0.736. The third-order valence-corrected chi connectivity index (χ3v) is 17.1. The molecule has 0 saturated carbocycles. The van der Waals surface area contributed by atoms with E-state index in [1.165, 1.54) is 76.7 Å². The van der Waals surface area contributed by atoms with Crippen molar-refractivity contribution in [3.05, 3.63) is 18.2 Å². The van der Waals surface area contributed by atoms with E-state index in [0.29, 0.717) is 26.0 Å². The molecule has 42 nitrogen and oxygen atoms in total.